The summed E-state index contributed by atoms with van der Waals surface area (Å²) >= 11 is 12.2. The van der Waals surface area contributed by atoms with Gasteiger partial charge in [0.15, 0.2) is 0 Å². The number of rotatable bonds is 7. The number of nitrogens with one attached hydrogen (secondary N) is 2. The first-order valence-electron chi connectivity index (χ1n) is 9.40. The number of halogens is 3. The van der Waals surface area contributed by atoms with Gasteiger partial charge < -0.3 is 10.6 Å². The molecule has 2 amide bonds. The molecular weight excluding hydrogens is 440 g/mol. The van der Waals surface area contributed by atoms with E-state index < -0.39 is 11.9 Å². The Bertz CT molecular complexity index is 1040. The molecule has 0 saturated heterocycles. The highest BCUT2D eigenvalue weighted by atomic mass is 35.5. The van der Waals surface area contributed by atoms with E-state index >= 15 is 0 Å². The third-order valence-corrected chi connectivity index (χ3v) is 5.17. The molecule has 3 aromatic rings. The van der Waals surface area contributed by atoms with Crippen LogP contribution in [0.3, 0.4) is 0 Å². The van der Waals surface area contributed by atoms with Crippen LogP contribution in [0.5, 0.6) is 0 Å². The fourth-order valence-electron chi connectivity index (χ4n) is 3.10. The SMILES string of the molecule is CN(CC(=O)Nc1c(Cl)cccc1Cl)C(C(=O)Nc1ccc(F)cc1)c1ccccc1. The summed E-state index contributed by atoms with van der Waals surface area (Å²) in [6.07, 6.45) is 0. The molecule has 0 saturated carbocycles. The van der Waals surface area contributed by atoms with E-state index in [1.807, 2.05) is 18.2 Å². The molecule has 0 aliphatic carbocycles. The third-order valence-electron chi connectivity index (χ3n) is 4.54. The van der Waals surface area contributed by atoms with E-state index in [9.17, 15) is 14.0 Å². The van der Waals surface area contributed by atoms with Gasteiger partial charge in [0.05, 0.1) is 22.3 Å². The van der Waals surface area contributed by atoms with Crippen LogP contribution in [0.1, 0.15) is 11.6 Å². The van der Waals surface area contributed by atoms with Gasteiger partial charge in [-0.1, -0.05) is 59.6 Å². The topological polar surface area (TPSA) is 61.4 Å². The summed E-state index contributed by atoms with van der Waals surface area (Å²) < 4.78 is 13.2. The molecule has 0 aliphatic rings. The van der Waals surface area contributed by atoms with E-state index in [4.69, 9.17) is 23.2 Å². The molecule has 160 valence electrons. The fraction of sp³-hybridized carbons (Fsp3) is 0.130. The van der Waals surface area contributed by atoms with E-state index in [0.29, 0.717) is 27.0 Å². The minimum Gasteiger partial charge on any atom is -0.324 e. The third kappa shape index (κ3) is 6.04. The highest BCUT2D eigenvalue weighted by molar-refractivity contribution is 6.39. The van der Waals surface area contributed by atoms with Crippen LogP contribution in [-0.4, -0.2) is 30.3 Å². The quantitative estimate of drug-likeness (QED) is 0.498. The van der Waals surface area contributed by atoms with Crippen LogP contribution in [0.15, 0.2) is 72.8 Å². The van der Waals surface area contributed by atoms with Crippen LogP contribution in [0, 0.1) is 5.82 Å². The maximum absolute atomic E-state index is 13.2. The molecule has 0 radical (unpaired) electrons. The Balaban J connectivity index is 1.77. The van der Waals surface area contributed by atoms with Gasteiger partial charge in [-0.2, -0.15) is 0 Å². The van der Waals surface area contributed by atoms with Crippen molar-refractivity contribution in [2.75, 3.05) is 24.2 Å². The predicted octanol–water partition coefficient (Wildman–Crippen LogP) is 5.38. The summed E-state index contributed by atoms with van der Waals surface area (Å²) in [5, 5.41) is 6.09. The van der Waals surface area contributed by atoms with Crippen molar-refractivity contribution in [3.8, 4) is 0 Å². The number of carbonyl (C=O) groups is 2. The lowest BCUT2D eigenvalue weighted by Crippen LogP contribution is -2.39. The monoisotopic (exact) mass is 459 g/mol. The van der Waals surface area contributed by atoms with E-state index in [1.165, 1.54) is 24.3 Å². The van der Waals surface area contributed by atoms with Gasteiger partial charge in [-0.05, 0) is 49.0 Å². The van der Waals surface area contributed by atoms with Gasteiger partial charge in [-0.3, -0.25) is 14.5 Å². The summed E-state index contributed by atoms with van der Waals surface area (Å²) in [4.78, 5) is 27.3. The summed E-state index contributed by atoms with van der Waals surface area (Å²) in [6.45, 7) is -0.0993. The average molecular weight is 460 g/mol. The molecule has 3 rings (SSSR count). The van der Waals surface area contributed by atoms with Crippen LogP contribution >= 0.6 is 23.2 Å². The zero-order valence-electron chi connectivity index (χ0n) is 16.6. The first-order valence-corrected chi connectivity index (χ1v) is 10.2. The van der Waals surface area contributed by atoms with Crippen LogP contribution < -0.4 is 10.6 Å². The molecular formula is C23H20Cl2FN3O2. The molecule has 0 heterocycles. The van der Waals surface area contributed by atoms with E-state index in [2.05, 4.69) is 10.6 Å². The second-order valence-electron chi connectivity index (χ2n) is 6.87. The van der Waals surface area contributed by atoms with Gasteiger partial charge in [-0.15, -0.1) is 0 Å². The maximum atomic E-state index is 13.2. The molecule has 8 heteroatoms. The smallest absolute Gasteiger partial charge is 0.246 e. The van der Waals surface area contributed by atoms with Gasteiger partial charge in [0.1, 0.15) is 11.9 Å². The number of nitrogens with zero attached hydrogens (tertiary/aromatic N) is 1. The highest BCUT2D eigenvalue weighted by Gasteiger charge is 2.27. The molecule has 3 aromatic carbocycles. The van der Waals surface area contributed by atoms with Gasteiger partial charge in [0.25, 0.3) is 0 Å². The maximum Gasteiger partial charge on any atom is 0.246 e. The molecule has 5 nitrogen and oxygen atoms in total. The van der Waals surface area contributed by atoms with Crippen LogP contribution in [-0.2, 0) is 9.59 Å². The van der Waals surface area contributed by atoms with Crippen molar-refractivity contribution in [1.82, 2.24) is 4.90 Å². The lowest BCUT2D eigenvalue weighted by atomic mass is 10.0. The number of likely N-dealkylation sites (N-methyl/N-ethyl adjacent to an activating group) is 1. The van der Waals surface area contributed by atoms with Crippen molar-refractivity contribution < 1.29 is 14.0 Å². The highest BCUT2D eigenvalue weighted by Crippen LogP contribution is 2.30. The Hall–Kier alpha value is -2.93. The molecule has 1 unspecified atom stereocenters. The fourth-order valence-corrected chi connectivity index (χ4v) is 3.59. The van der Waals surface area contributed by atoms with Crippen molar-refractivity contribution in [3.63, 3.8) is 0 Å². The average Bonchev–Trinajstić information content (AvgIpc) is 2.73. The zero-order chi connectivity index (χ0) is 22.4. The Kier molecular flexibility index (Phi) is 7.63. The Morgan fingerprint density at radius 3 is 2.13 bits per heavy atom. The van der Waals surface area contributed by atoms with Gasteiger partial charge in [0.2, 0.25) is 11.8 Å². The van der Waals surface area contributed by atoms with Crippen LogP contribution in [0.4, 0.5) is 15.8 Å². The molecule has 0 aromatic heterocycles. The predicted molar refractivity (Wildman–Crippen MR) is 122 cm³/mol. The Labute approximate surface area is 189 Å². The summed E-state index contributed by atoms with van der Waals surface area (Å²) in [6, 6.07) is 18.7. The lowest BCUT2D eigenvalue weighted by Gasteiger charge is -2.27. The second-order valence-corrected chi connectivity index (χ2v) is 7.68. The van der Waals surface area contributed by atoms with Gasteiger partial charge in [-0.25, -0.2) is 4.39 Å². The largest absolute Gasteiger partial charge is 0.324 e. The first kappa shape index (κ1) is 22.7. The van der Waals surface area contributed by atoms with Crippen molar-refractivity contribution >= 4 is 46.4 Å². The van der Waals surface area contributed by atoms with Crippen LogP contribution in [0.2, 0.25) is 10.0 Å². The minimum absolute atomic E-state index is 0.0993. The van der Waals surface area contributed by atoms with Gasteiger partial charge >= 0.3 is 0 Å². The molecule has 0 aliphatic heterocycles. The van der Waals surface area contributed by atoms with Crippen molar-refractivity contribution in [1.29, 1.82) is 0 Å². The Morgan fingerprint density at radius 2 is 1.52 bits per heavy atom. The number of benzene rings is 3. The molecule has 31 heavy (non-hydrogen) atoms. The molecule has 2 N–H and O–H groups in total. The lowest BCUT2D eigenvalue weighted by molar-refractivity contribution is -0.123. The van der Waals surface area contributed by atoms with Crippen molar-refractivity contribution in [2.45, 2.75) is 6.04 Å². The molecule has 0 fully saturated rings. The van der Waals surface area contributed by atoms with Crippen LogP contribution in [0.25, 0.3) is 0 Å². The number of anilines is 2. The zero-order valence-corrected chi connectivity index (χ0v) is 18.1. The van der Waals surface area contributed by atoms with E-state index in [0.717, 1.165) is 0 Å². The summed E-state index contributed by atoms with van der Waals surface area (Å²) in [5.41, 5.74) is 1.47. The standard InChI is InChI=1S/C23H20Cl2FN3O2/c1-29(14-20(30)28-21-18(24)8-5-9-19(21)25)22(15-6-3-2-4-7-15)23(31)27-17-12-10-16(26)11-13-17/h2-13,22H,14H2,1H3,(H,27,31)(H,28,30). The number of carbonyl (C=O) groups excluding carboxylic acids is 2. The van der Waals surface area contributed by atoms with E-state index in [-0.39, 0.29) is 18.4 Å². The first-order chi connectivity index (χ1) is 14.8. The number of hydrogen-bond acceptors (Lipinski definition) is 3. The minimum atomic E-state index is -0.765. The molecule has 0 bridgehead atoms. The van der Waals surface area contributed by atoms with Crippen molar-refractivity contribution in [2.24, 2.45) is 0 Å². The summed E-state index contributed by atoms with van der Waals surface area (Å²) in [7, 11) is 1.66. The Morgan fingerprint density at radius 1 is 0.903 bits per heavy atom. The second kappa shape index (κ2) is 10.4. The van der Waals surface area contributed by atoms with Gasteiger partial charge in [0, 0.05) is 5.69 Å². The van der Waals surface area contributed by atoms with E-state index in [1.54, 1.807) is 42.3 Å². The van der Waals surface area contributed by atoms with Crippen molar-refractivity contribution in [3.05, 3.63) is 94.2 Å². The molecule has 1 atom stereocenters. The normalized spacial score (nSPS) is 11.8. The molecule has 0 spiro atoms. The number of para-hydroxylation sites is 1. The summed E-state index contributed by atoms with van der Waals surface area (Å²) in [5.74, 6) is -1.14. The number of amides is 2. The number of hydrogen-bond donors (Lipinski definition) is 2.